The fourth-order valence-electron chi connectivity index (χ4n) is 2.68. The summed E-state index contributed by atoms with van der Waals surface area (Å²) in [6.45, 7) is 4.22. The molecule has 0 amide bonds. The largest absolute Gasteiger partial charge is 0.497 e. The zero-order valence-electron chi connectivity index (χ0n) is 12.1. The summed E-state index contributed by atoms with van der Waals surface area (Å²) in [5.74, 6) is 1.69. The molecule has 1 fully saturated rings. The molecule has 1 aromatic rings. The Balaban J connectivity index is 2.09. The van der Waals surface area contributed by atoms with E-state index in [2.05, 4.69) is 24.0 Å². The number of hydrogen-bond acceptors (Lipinski definition) is 4. The van der Waals surface area contributed by atoms with Gasteiger partial charge in [0, 0.05) is 31.2 Å². The molecule has 106 valence electrons. The van der Waals surface area contributed by atoms with E-state index in [1.54, 1.807) is 14.2 Å². The Morgan fingerprint density at radius 1 is 1.21 bits per heavy atom. The molecule has 0 aromatic heterocycles. The third-order valence-corrected chi connectivity index (χ3v) is 3.85. The van der Waals surface area contributed by atoms with Crippen molar-refractivity contribution in [3.05, 3.63) is 23.8 Å². The minimum Gasteiger partial charge on any atom is -0.497 e. The van der Waals surface area contributed by atoms with Gasteiger partial charge in [0.25, 0.3) is 0 Å². The SMILES string of the molecule is COc1cc(CN2CCC(N)CC2C)cc(OC)c1. The highest BCUT2D eigenvalue weighted by atomic mass is 16.5. The molecule has 1 aliphatic rings. The van der Waals surface area contributed by atoms with Gasteiger partial charge in [-0.3, -0.25) is 4.90 Å². The zero-order valence-corrected chi connectivity index (χ0v) is 12.1. The third-order valence-electron chi connectivity index (χ3n) is 3.85. The van der Waals surface area contributed by atoms with Crippen LogP contribution in [0.2, 0.25) is 0 Å². The molecular formula is C15H24N2O2. The standard InChI is InChI=1S/C15H24N2O2/c1-11-6-13(16)4-5-17(11)10-12-7-14(18-2)9-15(8-12)19-3/h7-9,11,13H,4-6,10,16H2,1-3H3. The van der Waals surface area contributed by atoms with Crippen molar-refractivity contribution in [3.8, 4) is 11.5 Å². The van der Waals surface area contributed by atoms with Gasteiger partial charge in [-0.2, -0.15) is 0 Å². The summed E-state index contributed by atoms with van der Waals surface area (Å²) in [5.41, 5.74) is 7.23. The molecule has 1 aliphatic heterocycles. The van der Waals surface area contributed by atoms with Gasteiger partial charge in [0.1, 0.15) is 11.5 Å². The lowest BCUT2D eigenvalue weighted by Gasteiger charge is -2.36. The minimum atomic E-state index is 0.353. The molecule has 2 N–H and O–H groups in total. The van der Waals surface area contributed by atoms with Gasteiger partial charge in [-0.25, -0.2) is 0 Å². The molecule has 0 saturated carbocycles. The lowest BCUT2D eigenvalue weighted by atomic mass is 9.98. The number of ether oxygens (including phenoxy) is 2. The van der Waals surface area contributed by atoms with Crippen LogP contribution in [-0.2, 0) is 6.54 Å². The van der Waals surface area contributed by atoms with Crippen molar-refractivity contribution < 1.29 is 9.47 Å². The van der Waals surface area contributed by atoms with Crippen molar-refractivity contribution in [2.75, 3.05) is 20.8 Å². The molecule has 0 bridgehead atoms. The van der Waals surface area contributed by atoms with Crippen molar-refractivity contribution in [1.82, 2.24) is 4.90 Å². The van der Waals surface area contributed by atoms with E-state index in [9.17, 15) is 0 Å². The monoisotopic (exact) mass is 264 g/mol. The molecule has 0 radical (unpaired) electrons. The fourth-order valence-corrected chi connectivity index (χ4v) is 2.68. The smallest absolute Gasteiger partial charge is 0.122 e. The molecule has 4 heteroatoms. The first-order chi connectivity index (χ1) is 9.12. The van der Waals surface area contributed by atoms with Crippen molar-refractivity contribution in [3.63, 3.8) is 0 Å². The molecule has 1 aromatic carbocycles. The number of hydrogen-bond donors (Lipinski definition) is 1. The van der Waals surface area contributed by atoms with E-state index in [0.29, 0.717) is 12.1 Å². The van der Waals surface area contributed by atoms with Crippen LogP contribution in [0.4, 0.5) is 0 Å². The van der Waals surface area contributed by atoms with Crippen molar-refractivity contribution in [2.24, 2.45) is 5.73 Å². The lowest BCUT2D eigenvalue weighted by molar-refractivity contribution is 0.140. The van der Waals surface area contributed by atoms with Gasteiger partial charge in [0.2, 0.25) is 0 Å². The van der Waals surface area contributed by atoms with Gasteiger partial charge < -0.3 is 15.2 Å². The first-order valence-electron chi connectivity index (χ1n) is 6.84. The van der Waals surface area contributed by atoms with E-state index >= 15 is 0 Å². The van der Waals surface area contributed by atoms with Crippen LogP contribution in [0.1, 0.15) is 25.3 Å². The maximum atomic E-state index is 6.01. The summed E-state index contributed by atoms with van der Waals surface area (Å²) in [5, 5.41) is 0. The maximum Gasteiger partial charge on any atom is 0.122 e. The van der Waals surface area contributed by atoms with Gasteiger partial charge in [-0.05, 0) is 37.5 Å². The molecule has 4 nitrogen and oxygen atoms in total. The Labute approximate surface area is 115 Å². The molecule has 1 saturated heterocycles. The number of nitrogens with two attached hydrogens (primary N) is 1. The highest BCUT2D eigenvalue weighted by molar-refractivity contribution is 5.38. The first kappa shape index (κ1) is 14.2. The summed E-state index contributed by atoms with van der Waals surface area (Å²) >= 11 is 0. The van der Waals surface area contributed by atoms with Crippen LogP contribution in [0.15, 0.2) is 18.2 Å². The van der Waals surface area contributed by atoms with E-state index in [0.717, 1.165) is 37.4 Å². The first-order valence-corrected chi connectivity index (χ1v) is 6.84. The Morgan fingerprint density at radius 3 is 2.37 bits per heavy atom. The molecule has 2 unspecified atom stereocenters. The highest BCUT2D eigenvalue weighted by Crippen LogP contribution is 2.25. The average Bonchev–Trinajstić information content (AvgIpc) is 2.41. The van der Waals surface area contributed by atoms with E-state index in [4.69, 9.17) is 15.2 Å². The van der Waals surface area contributed by atoms with Crippen molar-refractivity contribution in [1.29, 1.82) is 0 Å². The predicted molar refractivity (Wildman–Crippen MR) is 76.6 cm³/mol. The topological polar surface area (TPSA) is 47.7 Å². The number of rotatable bonds is 4. The van der Waals surface area contributed by atoms with Gasteiger partial charge >= 0.3 is 0 Å². The van der Waals surface area contributed by atoms with E-state index < -0.39 is 0 Å². The number of likely N-dealkylation sites (tertiary alicyclic amines) is 1. The van der Waals surface area contributed by atoms with Gasteiger partial charge in [0.15, 0.2) is 0 Å². The minimum absolute atomic E-state index is 0.353. The summed E-state index contributed by atoms with van der Waals surface area (Å²) in [6, 6.07) is 6.93. The van der Waals surface area contributed by atoms with Crippen LogP contribution in [0.25, 0.3) is 0 Å². The Morgan fingerprint density at radius 2 is 1.84 bits per heavy atom. The molecule has 2 rings (SSSR count). The summed E-state index contributed by atoms with van der Waals surface area (Å²) in [4.78, 5) is 2.47. The quantitative estimate of drug-likeness (QED) is 0.904. The van der Waals surface area contributed by atoms with Gasteiger partial charge in [0.05, 0.1) is 14.2 Å². The normalized spacial score (nSPS) is 24.2. The molecule has 2 atom stereocenters. The molecule has 1 heterocycles. The van der Waals surface area contributed by atoms with E-state index in [1.807, 2.05) is 6.07 Å². The van der Waals surface area contributed by atoms with Crippen molar-refractivity contribution in [2.45, 2.75) is 38.4 Å². The lowest BCUT2D eigenvalue weighted by Crippen LogP contribution is -2.44. The van der Waals surface area contributed by atoms with Crippen LogP contribution in [0, 0.1) is 0 Å². The van der Waals surface area contributed by atoms with Gasteiger partial charge in [-0.15, -0.1) is 0 Å². The van der Waals surface area contributed by atoms with Crippen molar-refractivity contribution >= 4 is 0 Å². The molecule has 19 heavy (non-hydrogen) atoms. The Bertz CT molecular complexity index is 400. The Kier molecular flexibility index (Phi) is 4.66. The second kappa shape index (κ2) is 6.26. The summed E-state index contributed by atoms with van der Waals surface area (Å²) in [6.07, 6.45) is 2.15. The Hall–Kier alpha value is -1.26. The van der Waals surface area contributed by atoms with E-state index in [-0.39, 0.29) is 0 Å². The van der Waals surface area contributed by atoms with Crippen LogP contribution < -0.4 is 15.2 Å². The molecule has 0 aliphatic carbocycles. The number of benzene rings is 1. The zero-order chi connectivity index (χ0) is 13.8. The number of nitrogens with zero attached hydrogens (tertiary/aromatic N) is 1. The third kappa shape index (κ3) is 3.61. The fraction of sp³-hybridized carbons (Fsp3) is 0.600. The van der Waals surface area contributed by atoms with Crippen LogP contribution in [0.5, 0.6) is 11.5 Å². The average molecular weight is 264 g/mol. The number of piperidine rings is 1. The predicted octanol–water partition coefficient (Wildman–Crippen LogP) is 2.02. The second-order valence-electron chi connectivity index (χ2n) is 5.32. The highest BCUT2D eigenvalue weighted by Gasteiger charge is 2.23. The summed E-state index contributed by atoms with van der Waals surface area (Å²) < 4.78 is 10.6. The maximum absolute atomic E-state index is 6.01. The van der Waals surface area contributed by atoms with Gasteiger partial charge in [-0.1, -0.05) is 0 Å². The van der Waals surface area contributed by atoms with Crippen LogP contribution in [-0.4, -0.2) is 37.7 Å². The van der Waals surface area contributed by atoms with Crippen LogP contribution in [0.3, 0.4) is 0 Å². The molecule has 0 spiro atoms. The van der Waals surface area contributed by atoms with Crippen LogP contribution >= 0.6 is 0 Å². The summed E-state index contributed by atoms with van der Waals surface area (Å²) in [7, 11) is 3.36. The van der Waals surface area contributed by atoms with E-state index in [1.165, 1.54) is 5.56 Å². The second-order valence-corrected chi connectivity index (χ2v) is 5.32. The number of methoxy groups -OCH3 is 2. The molecular weight excluding hydrogens is 240 g/mol.